The molecule has 2 unspecified atom stereocenters. The average Bonchev–Trinajstić information content (AvgIpc) is 3.79. The predicted molar refractivity (Wildman–Crippen MR) is 209 cm³/mol. The number of hydrazine groups is 1. The van der Waals surface area contributed by atoms with Crippen LogP contribution in [0.3, 0.4) is 0 Å². The normalized spacial score (nSPS) is 17.1. The number of nitrogen functional groups attached to an aromatic ring is 1. The molecule has 20 heteroatoms. The second-order valence-corrected chi connectivity index (χ2v) is 17.5. The number of β-lactam (4-membered cyclic amide) rings is 1. The monoisotopic (exact) mass is 823 g/mol. The van der Waals surface area contributed by atoms with Crippen molar-refractivity contribution >= 4 is 81.2 Å². The Morgan fingerprint density at radius 2 is 1.69 bits per heavy atom. The molecule has 0 saturated carbocycles. The summed E-state index contributed by atoms with van der Waals surface area (Å²) in [5, 5.41) is 15.2. The molecule has 1 fully saturated rings. The van der Waals surface area contributed by atoms with Crippen LogP contribution in [-0.2, 0) is 23.9 Å². The van der Waals surface area contributed by atoms with Crippen molar-refractivity contribution in [3.63, 3.8) is 0 Å². The molecule has 5 amide bonds. The van der Waals surface area contributed by atoms with Gasteiger partial charge in [0.25, 0.3) is 5.91 Å². The molecule has 1 saturated heterocycles. The highest BCUT2D eigenvalue weighted by Gasteiger charge is 2.55. The molecule has 4 heterocycles. The topological polar surface area (TPSA) is 220 Å². The number of esters is 1. The van der Waals surface area contributed by atoms with E-state index in [1.54, 1.807) is 20.8 Å². The number of carbonyl (C=O) groups excluding carboxylic acids is 5. The number of benzene rings is 2. The molecule has 2 aliphatic rings. The van der Waals surface area contributed by atoms with Crippen molar-refractivity contribution in [2.45, 2.75) is 61.2 Å². The Bertz CT molecular complexity index is 2050. The number of anilines is 1. The Labute approximate surface area is 332 Å². The van der Waals surface area contributed by atoms with Gasteiger partial charge in [-0.05, 0) is 44.4 Å². The third-order valence-electron chi connectivity index (χ3n) is 7.90. The van der Waals surface area contributed by atoms with Gasteiger partial charge in [0.2, 0.25) is 5.91 Å². The number of amides is 5. The number of carbonyl (C=O) groups is 5. The summed E-state index contributed by atoms with van der Waals surface area (Å²) in [7, 11) is 0. The van der Waals surface area contributed by atoms with E-state index < -0.39 is 59.1 Å². The van der Waals surface area contributed by atoms with Crippen LogP contribution in [0.25, 0.3) is 0 Å². The first kappa shape index (κ1) is 39.5. The summed E-state index contributed by atoms with van der Waals surface area (Å²) in [5.41, 5.74) is 11.6. The number of ether oxygens (including phenoxy) is 2. The third kappa shape index (κ3) is 9.74. The van der Waals surface area contributed by atoms with Crippen LogP contribution in [0.1, 0.15) is 54.7 Å². The lowest BCUT2D eigenvalue weighted by Gasteiger charge is -2.50. The first-order valence-electron chi connectivity index (χ1n) is 16.7. The van der Waals surface area contributed by atoms with Crippen LogP contribution in [0.15, 0.2) is 81.7 Å². The van der Waals surface area contributed by atoms with E-state index in [0.717, 1.165) is 27.5 Å². The number of thioether (sulfide) groups is 2. The van der Waals surface area contributed by atoms with Crippen molar-refractivity contribution in [1.29, 1.82) is 0 Å². The summed E-state index contributed by atoms with van der Waals surface area (Å²) >= 11 is 5.24. The Hall–Kier alpha value is -5.18. The molecule has 4 aromatic rings. The standard InChI is InChI=1S/C35H37N9O7S4/c1-18-40-43-34(55-18)54-16-21-15-52-29-24(38-27(45)23(22-17-53-31(36)37-22)39-32(48)41-42-33(49)51-35(2,3)4)28(46)44(29)25(21)30(47)50-26(19-11-7-5-8-12-19)20-13-9-6-10-14-20/h5-14,17,23-24,26,29H,15-16H2,1-4H3,(H2,36,37)(H,38,45)(H,42,49)(H2,39,41,48)/t23?,24?,29-/m1/s1. The molecule has 0 radical (unpaired) electrons. The van der Waals surface area contributed by atoms with E-state index in [4.69, 9.17) is 15.2 Å². The average molecular weight is 824 g/mol. The maximum absolute atomic E-state index is 14.3. The minimum atomic E-state index is -1.41. The fraction of sp³-hybridized carbons (Fsp3) is 0.314. The Kier molecular flexibility index (Phi) is 12.3. The molecule has 3 atom stereocenters. The van der Waals surface area contributed by atoms with Crippen molar-refractivity contribution < 1.29 is 33.4 Å². The number of aromatic nitrogens is 3. The fourth-order valence-electron chi connectivity index (χ4n) is 5.54. The highest BCUT2D eigenvalue weighted by Crippen LogP contribution is 2.43. The van der Waals surface area contributed by atoms with Crippen LogP contribution in [0, 0.1) is 6.92 Å². The number of fused-ring (bicyclic) bond motifs is 1. The van der Waals surface area contributed by atoms with Crippen LogP contribution < -0.4 is 27.2 Å². The van der Waals surface area contributed by atoms with E-state index in [9.17, 15) is 24.0 Å². The smallest absolute Gasteiger partial charge is 0.426 e. The van der Waals surface area contributed by atoms with Gasteiger partial charge in [-0.1, -0.05) is 83.8 Å². The van der Waals surface area contributed by atoms with Gasteiger partial charge in [-0.25, -0.2) is 30.2 Å². The van der Waals surface area contributed by atoms with E-state index in [0.29, 0.717) is 21.4 Å². The molecule has 288 valence electrons. The lowest BCUT2D eigenvalue weighted by molar-refractivity contribution is -0.154. The summed E-state index contributed by atoms with van der Waals surface area (Å²) in [5.74, 6) is -1.33. The molecule has 0 spiro atoms. The van der Waals surface area contributed by atoms with Gasteiger partial charge in [-0.2, -0.15) is 0 Å². The summed E-state index contributed by atoms with van der Waals surface area (Å²) in [6.45, 7) is 6.81. The van der Waals surface area contributed by atoms with Crippen LogP contribution in [0.2, 0.25) is 0 Å². The third-order valence-corrected chi connectivity index (χ3v) is 12.0. The van der Waals surface area contributed by atoms with Crippen LogP contribution >= 0.6 is 46.2 Å². The van der Waals surface area contributed by atoms with E-state index in [2.05, 4.69) is 36.7 Å². The number of rotatable bonds is 11. The van der Waals surface area contributed by atoms with Gasteiger partial charge in [-0.15, -0.1) is 33.3 Å². The van der Waals surface area contributed by atoms with Crippen molar-refractivity contribution in [1.82, 2.24) is 41.6 Å². The summed E-state index contributed by atoms with van der Waals surface area (Å²) in [6.07, 6.45) is -1.69. The van der Waals surface area contributed by atoms with Gasteiger partial charge in [0.05, 0.1) is 5.69 Å². The van der Waals surface area contributed by atoms with Gasteiger partial charge < -0.3 is 25.8 Å². The number of nitrogens with two attached hydrogens (primary N) is 1. The Balaban J connectivity index is 1.22. The summed E-state index contributed by atoms with van der Waals surface area (Å²) in [4.78, 5) is 72.5. The molecule has 0 aliphatic carbocycles. The van der Waals surface area contributed by atoms with Crippen LogP contribution in [0.5, 0.6) is 0 Å². The number of hydrogen-bond acceptors (Lipinski definition) is 15. The van der Waals surface area contributed by atoms with Crippen LogP contribution in [0.4, 0.5) is 14.7 Å². The molecular formula is C35H37N9O7S4. The van der Waals surface area contributed by atoms with Gasteiger partial charge in [0.15, 0.2) is 21.6 Å². The minimum absolute atomic E-state index is 0.0967. The Morgan fingerprint density at radius 3 is 2.27 bits per heavy atom. The molecule has 0 bridgehead atoms. The molecule has 2 aromatic heterocycles. The second-order valence-electron chi connectivity index (χ2n) is 13.1. The molecule has 55 heavy (non-hydrogen) atoms. The van der Waals surface area contributed by atoms with Gasteiger partial charge in [-0.3, -0.25) is 14.5 Å². The molecule has 2 aromatic carbocycles. The molecule has 6 rings (SSSR count). The largest absolute Gasteiger partial charge is 0.448 e. The van der Waals surface area contributed by atoms with Crippen molar-refractivity contribution in [2.24, 2.45) is 0 Å². The zero-order chi connectivity index (χ0) is 39.3. The lowest BCUT2D eigenvalue weighted by atomic mass is 10.0. The molecule has 6 N–H and O–H groups in total. The molecule has 2 aliphatic heterocycles. The van der Waals surface area contributed by atoms with Crippen molar-refractivity contribution in [2.75, 3.05) is 17.2 Å². The quantitative estimate of drug-likeness (QED) is 0.0612. The Morgan fingerprint density at radius 1 is 1.02 bits per heavy atom. The van der Waals surface area contributed by atoms with E-state index in [1.807, 2.05) is 67.6 Å². The molecule has 16 nitrogen and oxygen atoms in total. The summed E-state index contributed by atoms with van der Waals surface area (Å²) in [6, 6.07) is 15.2. The van der Waals surface area contributed by atoms with Crippen LogP contribution in [-0.4, -0.2) is 78.5 Å². The lowest BCUT2D eigenvalue weighted by Crippen LogP contribution is -2.71. The summed E-state index contributed by atoms with van der Waals surface area (Å²) < 4.78 is 12.1. The van der Waals surface area contributed by atoms with Gasteiger partial charge in [0.1, 0.15) is 27.7 Å². The molecular weight excluding hydrogens is 787 g/mol. The van der Waals surface area contributed by atoms with Crippen molar-refractivity contribution in [3.05, 3.63) is 99.1 Å². The number of aryl methyl sites for hydroxylation is 1. The highest BCUT2D eigenvalue weighted by molar-refractivity contribution is 8.01. The number of urea groups is 1. The maximum Gasteiger partial charge on any atom is 0.426 e. The number of nitrogens with zero attached hydrogens (tertiary/aromatic N) is 4. The predicted octanol–water partition coefficient (Wildman–Crippen LogP) is 4.44. The number of hydrogen-bond donors (Lipinski definition) is 5. The van der Waals surface area contributed by atoms with Gasteiger partial charge >= 0.3 is 18.1 Å². The van der Waals surface area contributed by atoms with E-state index in [-0.39, 0.29) is 16.5 Å². The second kappa shape index (κ2) is 17.1. The zero-order valence-corrected chi connectivity index (χ0v) is 33.2. The SMILES string of the molecule is Cc1nnc(SCC2=C(C(=O)OC(c3ccccc3)c3ccccc3)N3C(=O)C(NC(=O)C(NC(=O)NNC(=O)OC(C)(C)C)c4csc(N)n4)[C@H]3SC2)s1. The van der Waals surface area contributed by atoms with E-state index in [1.165, 1.54) is 45.1 Å². The number of nitrogens with one attached hydrogen (secondary N) is 4. The maximum atomic E-state index is 14.3. The van der Waals surface area contributed by atoms with E-state index >= 15 is 0 Å². The van der Waals surface area contributed by atoms with Gasteiger partial charge in [0, 0.05) is 16.9 Å². The van der Waals surface area contributed by atoms with Crippen molar-refractivity contribution in [3.8, 4) is 0 Å². The minimum Gasteiger partial charge on any atom is -0.448 e. The number of thiazole rings is 1. The first-order valence-corrected chi connectivity index (χ1v) is 20.5. The first-order chi connectivity index (χ1) is 26.3. The fourth-order valence-corrected chi connectivity index (χ4v) is 9.43. The zero-order valence-electron chi connectivity index (χ0n) is 29.9. The highest BCUT2D eigenvalue weighted by atomic mass is 32.2.